The first-order valence-electron chi connectivity index (χ1n) is 4.94. The molecule has 0 aromatic heterocycles. The Morgan fingerprint density at radius 2 is 1.56 bits per heavy atom. The van der Waals surface area contributed by atoms with Crippen molar-refractivity contribution < 1.29 is 0 Å². The molecule has 0 atom stereocenters. The maximum Gasteiger partial charge on any atom is 0.0764 e. The van der Waals surface area contributed by atoms with Crippen LogP contribution in [-0.4, -0.2) is 0 Å². The Bertz CT molecular complexity index is 579. The summed E-state index contributed by atoms with van der Waals surface area (Å²) in [6, 6.07) is 8.74. The van der Waals surface area contributed by atoms with Crippen LogP contribution in [0.25, 0.3) is 0 Å². The van der Waals surface area contributed by atoms with E-state index in [0.29, 0.717) is 26.4 Å². The van der Waals surface area contributed by atoms with Crippen LogP contribution in [0.5, 0.6) is 0 Å². The van der Waals surface area contributed by atoms with E-state index in [1.807, 2.05) is 12.1 Å². The predicted molar refractivity (Wildman–Crippen MR) is 83.3 cm³/mol. The molecule has 0 bridgehead atoms. The van der Waals surface area contributed by atoms with Crippen LogP contribution in [0, 0.1) is 0 Å². The maximum absolute atomic E-state index is 6.09. The molecule has 6 heteroatoms. The smallest absolute Gasteiger partial charge is 0.0764 e. The summed E-state index contributed by atoms with van der Waals surface area (Å²) in [7, 11) is 0. The third kappa shape index (κ3) is 3.04. The molecule has 2 rings (SSSR count). The molecule has 0 unspecified atom stereocenters. The molecule has 94 valence electrons. The summed E-state index contributed by atoms with van der Waals surface area (Å²) in [5, 5.41) is 4.63. The van der Waals surface area contributed by atoms with E-state index in [9.17, 15) is 0 Å². The lowest BCUT2D eigenvalue weighted by Crippen LogP contribution is -1.94. The minimum atomic E-state index is 0.457. The second-order valence-corrected chi connectivity index (χ2v) is 5.69. The van der Waals surface area contributed by atoms with E-state index >= 15 is 0 Å². The largest absolute Gasteiger partial charge is 0.399 e. The first-order valence-corrected chi connectivity index (χ1v) is 6.86. The van der Waals surface area contributed by atoms with Gasteiger partial charge in [-0.25, -0.2) is 0 Å². The van der Waals surface area contributed by atoms with Gasteiger partial charge in [-0.3, -0.25) is 0 Å². The van der Waals surface area contributed by atoms with E-state index in [1.54, 1.807) is 18.2 Å². The summed E-state index contributed by atoms with van der Waals surface area (Å²) in [6.45, 7) is 0. The second kappa shape index (κ2) is 5.57. The molecule has 0 heterocycles. The van der Waals surface area contributed by atoms with Gasteiger partial charge in [-0.2, -0.15) is 0 Å². The molecule has 0 aliphatic heterocycles. The molecule has 0 fully saturated rings. The number of nitrogens with two attached hydrogens (primary N) is 1. The molecule has 3 N–H and O–H groups in total. The van der Waals surface area contributed by atoms with Gasteiger partial charge in [0.25, 0.3) is 0 Å². The van der Waals surface area contributed by atoms with Gasteiger partial charge in [0.2, 0.25) is 0 Å². The summed E-state index contributed by atoms with van der Waals surface area (Å²) >= 11 is 21.5. The average Bonchev–Trinajstić information content (AvgIpc) is 2.28. The molecule has 0 spiro atoms. The molecule has 2 nitrogen and oxygen atoms in total. The first-order chi connectivity index (χ1) is 8.47. The Hall–Kier alpha value is -0.610. The fraction of sp³-hybridized carbons (Fsp3) is 0. The van der Waals surface area contributed by atoms with Crippen molar-refractivity contribution in [3.63, 3.8) is 0 Å². The Labute approximate surface area is 128 Å². The minimum Gasteiger partial charge on any atom is -0.399 e. The predicted octanol–water partition coefficient (Wildman–Crippen LogP) is 5.74. The van der Waals surface area contributed by atoms with Gasteiger partial charge in [0.15, 0.2) is 0 Å². The van der Waals surface area contributed by atoms with Gasteiger partial charge in [0.1, 0.15) is 0 Å². The zero-order chi connectivity index (χ0) is 13.3. The third-order valence-corrected chi connectivity index (χ3v) is 4.08. The highest BCUT2D eigenvalue weighted by Gasteiger charge is 2.08. The Kier molecular flexibility index (Phi) is 4.28. The van der Waals surface area contributed by atoms with Crippen molar-refractivity contribution in [3.05, 3.63) is 49.9 Å². The fourth-order valence-electron chi connectivity index (χ4n) is 1.43. The fourth-order valence-corrected chi connectivity index (χ4v) is 2.46. The highest BCUT2D eigenvalue weighted by atomic mass is 79.9. The SMILES string of the molecule is Nc1cc(Cl)c(Nc2ccc(Br)c(Cl)c2)c(Cl)c1. The van der Waals surface area contributed by atoms with Gasteiger partial charge in [0, 0.05) is 15.8 Å². The second-order valence-electron chi connectivity index (χ2n) is 3.61. The van der Waals surface area contributed by atoms with Crippen LogP contribution in [0.1, 0.15) is 0 Å². The zero-order valence-corrected chi connectivity index (χ0v) is 12.8. The number of anilines is 3. The van der Waals surface area contributed by atoms with Crippen molar-refractivity contribution in [3.8, 4) is 0 Å². The van der Waals surface area contributed by atoms with Crippen molar-refractivity contribution in [2.45, 2.75) is 0 Å². The number of nitrogens with one attached hydrogen (secondary N) is 1. The van der Waals surface area contributed by atoms with Gasteiger partial charge >= 0.3 is 0 Å². The molecular formula is C12H8BrCl3N2. The van der Waals surface area contributed by atoms with Crippen LogP contribution < -0.4 is 11.1 Å². The van der Waals surface area contributed by atoms with Gasteiger partial charge in [0.05, 0.1) is 20.8 Å². The van der Waals surface area contributed by atoms with Gasteiger partial charge < -0.3 is 11.1 Å². The number of nitrogen functional groups attached to an aromatic ring is 1. The van der Waals surface area contributed by atoms with Crippen molar-refractivity contribution in [1.29, 1.82) is 0 Å². The number of hydrogen-bond donors (Lipinski definition) is 2. The quantitative estimate of drug-likeness (QED) is 0.666. The van der Waals surface area contributed by atoms with Gasteiger partial charge in [-0.15, -0.1) is 0 Å². The summed E-state index contributed by atoms with van der Waals surface area (Å²) in [6.07, 6.45) is 0. The first kappa shape index (κ1) is 13.8. The zero-order valence-electron chi connectivity index (χ0n) is 8.98. The van der Waals surface area contributed by atoms with Crippen molar-refractivity contribution >= 4 is 67.8 Å². The van der Waals surface area contributed by atoms with Gasteiger partial charge in [-0.05, 0) is 46.3 Å². The molecule has 0 saturated carbocycles. The van der Waals surface area contributed by atoms with E-state index in [4.69, 9.17) is 40.5 Å². The van der Waals surface area contributed by atoms with Crippen molar-refractivity contribution in [2.24, 2.45) is 0 Å². The Balaban J connectivity index is 2.37. The lowest BCUT2D eigenvalue weighted by atomic mass is 10.2. The summed E-state index contributed by atoms with van der Waals surface area (Å²) in [5.41, 5.74) is 7.55. The summed E-state index contributed by atoms with van der Waals surface area (Å²) in [4.78, 5) is 0. The lowest BCUT2D eigenvalue weighted by molar-refractivity contribution is 1.53. The summed E-state index contributed by atoms with van der Waals surface area (Å²) < 4.78 is 0.823. The van der Waals surface area contributed by atoms with Crippen molar-refractivity contribution in [1.82, 2.24) is 0 Å². The van der Waals surface area contributed by atoms with E-state index in [1.165, 1.54) is 0 Å². The molecule has 0 amide bonds. The molecule has 0 saturated heterocycles. The standard InChI is InChI=1S/C12H8BrCl3N2/c13-8-2-1-7(5-9(8)14)18-12-10(15)3-6(17)4-11(12)16/h1-5,18H,17H2. The van der Waals surface area contributed by atoms with Crippen LogP contribution in [0.4, 0.5) is 17.1 Å². The molecule has 0 aliphatic rings. The molecule has 0 aliphatic carbocycles. The normalized spacial score (nSPS) is 10.4. The van der Waals surface area contributed by atoms with Crippen LogP contribution in [0.15, 0.2) is 34.8 Å². The van der Waals surface area contributed by atoms with E-state index < -0.39 is 0 Å². The Morgan fingerprint density at radius 1 is 0.944 bits per heavy atom. The number of rotatable bonds is 2. The molecule has 18 heavy (non-hydrogen) atoms. The molecule has 2 aromatic carbocycles. The number of halogens is 4. The Morgan fingerprint density at radius 3 is 2.11 bits per heavy atom. The van der Waals surface area contributed by atoms with E-state index in [0.717, 1.165) is 10.2 Å². The topological polar surface area (TPSA) is 38.0 Å². The molecule has 0 radical (unpaired) electrons. The molecular weight excluding hydrogens is 358 g/mol. The van der Waals surface area contributed by atoms with Gasteiger partial charge in [-0.1, -0.05) is 34.8 Å². The van der Waals surface area contributed by atoms with E-state index in [-0.39, 0.29) is 0 Å². The number of benzene rings is 2. The van der Waals surface area contributed by atoms with Crippen LogP contribution in [0.2, 0.25) is 15.1 Å². The van der Waals surface area contributed by atoms with Crippen molar-refractivity contribution in [2.75, 3.05) is 11.1 Å². The summed E-state index contributed by atoms with van der Waals surface area (Å²) in [5.74, 6) is 0. The lowest BCUT2D eigenvalue weighted by Gasteiger charge is -2.12. The van der Waals surface area contributed by atoms with E-state index in [2.05, 4.69) is 21.2 Å². The minimum absolute atomic E-state index is 0.457. The monoisotopic (exact) mass is 364 g/mol. The van der Waals surface area contributed by atoms with Crippen LogP contribution >= 0.6 is 50.7 Å². The number of hydrogen-bond acceptors (Lipinski definition) is 2. The average molecular weight is 366 g/mol. The highest BCUT2D eigenvalue weighted by Crippen LogP contribution is 2.36. The maximum atomic E-state index is 6.09. The highest BCUT2D eigenvalue weighted by molar-refractivity contribution is 9.10. The third-order valence-electron chi connectivity index (χ3n) is 2.25. The molecule has 2 aromatic rings. The van der Waals surface area contributed by atoms with Crippen LogP contribution in [-0.2, 0) is 0 Å². The van der Waals surface area contributed by atoms with Crippen LogP contribution in [0.3, 0.4) is 0 Å².